The highest BCUT2D eigenvalue weighted by Crippen LogP contribution is 2.40. The molecular weight excluding hydrogens is 420 g/mol. The Balaban J connectivity index is 2.17. The van der Waals surface area contributed by atoms with E-state index in [0.717, 1.165) is 48.3 Å². The molecule has 0 saturated carbocycles. The summed E-state index contributed by atoms with van der Waals surface area (Å²) in [5, 5.41) is 14.2. The number of hydrogen-bond donors (Lipinski definition) is 1. The predicted octanol–water partition coefficient (Wildman–Crippen LogP) is 5.45. The van der Waals surface area contributed by atoms with Crippen LogP contribution in [0.25, 0.3) is 22.5 Å². The average molecular weight is 453 g/mol. The first-order valence-electron chi connectivity index (χ1n) is 11.3. The molecule has 0 amide bonds. The Labute approximate surface area is 194 Å². The van der Waals surface area contributed by atoms with Crippen molar-refractivity contribution in [1.82, 2.24) is 9.78 Å². The lowest BCUT2D eigenvalue weighted by atomic mass is 10.0. The standard InChI is InChI=1S/C26H32N2O5/c1-5-7-13-28-22(19-9-8-10-24(31-3)26(19)32-4)17-21(27-28)20-15-18(16-25(29)30)11-12-23(20)33-14-6-2/h8-12,15,17H,5-7,13-14,16H2,1-4H3,(H,29,30). The quantitative estimate of drug-likeness (QED) is 0.393. The third-order valence-electron chi connectivity index (χ3n) is 5.32. The van der Waals surface area contributed by atoms with Gasteiger partial charge in [0.2, 0.25) is 0 Å². The molecule has 0 atom stereocenters. The minimum absolute atomic E-state index is 0.0613. The molecule has 0 bridgehead atoms. The zero-order valence-electron chi connectivity index (χ0n) is 19.8. The topological polar surface area (TPSA) is 82.8 Å². The number of rotatable bonds is 12. The Morgan fingerprint density at radius 1 is 1.00 bits per heavy atom. The zero-order valence-corrected chi connectivity index (χ0v) is 19.8. The Morgan fingerprint density at radius 3 is 2.48 bits per heavy atom. The second-order valence-electron chi connectivity index (χ2n) is 7.78. The number of ether oxygens (including phenoxy) is 3. The molecule has 0 aliphatic heterocycles. The Hall–Kier alpha value is -3.48. The van der Waals surface area contributed by atoms with E-state index in [-0.39, 0.29) is 6.42 Å². The minimum Gasteiger partial charge on any atom is -0.493 e. The maximum absolute atomic E-state index is 11.3. The molecule has 0 unspecified atom stereocenters. The summed E-state index contributed by atoms with van der Waals surface area (Å²) in [5.74, 6) is 1.11. The van der Waals surface area contributed by atoms with Crippen molar-refractivity contribution in [2.45, 2.75) is 46.1 Å². The lowest BCUT2D eigenvalue weighted by Gasteiger charge is -2.13. The first kappa shape index (κ1) is 24.2. The van der Waals surface area contributed by atoms with Crippen LogP contribution in [0.2, 0.25) is 0 Å². The summed E-state index contributed by atoms with van der Waals surface area (Å²) >= 11 is 0. The molecule has 1 heterocycles. The molecule has 1 N–H and O–H groups in total. The zero-order chi connectivity index (χ0) is 23.8. The normalized spacial score (nSPS) is 10.8. The molecule has 3 rings (SSSR count). The van der Waals surface area contributed by atoms with E-state index in [2.05, 4.69) is 6.92 Å². The highest BCUT2D eigenvalue weighted by Gasteiger charge is 2.20. The van der Waals surface area contributed by atoms with Gasteiger partial charge in [-0.2, -0.15) is 5.10 Å². The van der Waals surface area contributed by atoms with Crippen molar-refractivity contribution in [3.63, 3.8) is 0 Å². The number of carboxylic acid groups (broad SMARTS) is 1. The number of hydrogen-bond acceptors (Lipinski definition) is 5. The average Bonchev–Trinajstić information content (AvgIpc) is 3.24. The smallest absolute Gasteiger partial charge is 0.307 e. The van der Waals surface area contributed by atoms with Gasteiger partial charge in [0.1, 0.15) is 5.75 Å². The van der Waals surface area contributed by atoms with E-state index in [1.54, 1.807) is 20.3 Å². The van der Waals surface area contributed by atoms with E-state index in [9.17, 15) is 9.90 Å². The number of aromatic nitrogens is 2. The second kappa shape index (κ2) is 11.4. The van der Waals surface area contributed by atoms with Gasteiger partial charge in [0, 0.05) is 17.7 Å². The number of benzene rings is 2. The summed E-state index contributed by atoms with van der Waals surface area (Å²) in [6, 6.07) is 13.3. The molecule has 7 nitrogen and oxygen atoms in total. The van der Waals surface area contributed by atoms with Crippen molar-refractivity contribution in [2.75, 3.05) is 20.8 Å². The lowest BCUT2D eigenvalue weighted by Crippen LogP contribution is -2.04. The number of para-hydroxylation sites is 1. The fourth-order valence-electron chi connectivity index (χ4n) is 3.73. The highest BCUT2D eigenvalue weighted by molar-refractivity contribution is 5.78. The monoisotopic (exact) mass is 452 g/mol. The Morgan fingerprint density at radius 2 is 1.82 bits per heavy atom. The van der Waals surface area contributed by atoms with Gasteiger partial charge >= 0.3 is 5.97 Å². The fraction of sp³-hybridized carbons (Fsp3) is 0.385. The van der Waals surface area contributed by atoms with Crippen molar-refractivity contribution >= 4 is 5.97 Å². The summed E-state index contributed by atoms with van der Waals surface area (Å²) in [4.78, 5) is 11.3. The van der Waals surface area contributed by atoms with Crippen LogP contribution in [0.5, 0.6) is 17.2 Å². The van der Waals surface area contributed by atoms with Crippen LogP contribution in [0, 0.1) is 0 Å². The SMILES string of the molecule is CCCCn1nc(-c2cc(CC(=O)O)ccc2OCCC)cc1-c1cccc(OC)c1OC. The lowest BCUT2D eigenvalue weighted by molar-refractivity contribution is -0.136. The van der Waals surface area contributed by atoms with Crippen molar-refractivity contribution in [1.29, 1.82) is 0 Å². The molecule has 0 fully saturated rings. The van der Waals surface area contributed by atoms with Crippen LogP contribution >= 0.6 is 0 Å². The molecule has 0 spiro atoms. The third kappa shape index (κ3) is 5.66. The molecule has 1 aromatic heterocycles. The summed E-state index contributed by atoms with van der Waals surface area (Å²) in [6.07, 6.45) is 2.81. The molecule has 0 radical (unpaired) electrons. The van der Waals surface area contributed by atoms with Gasteiger partial charge in [-0.25, -0.2) is 0 Å². The fourth-order valence-corrected chi connectivity index (χ4v) is 3.73. The number of aryl methyl sites for hydroxylation is 1. The predicted molar refractivity (Wildman–Crippen MR) is 128 cm³/mol. The molecule has 2 aromatic carbocycles. The summed E-state index contributed by atoms with van der Waals surface area (Å²) in [6.45, 7) is 5.50. The van der Waals surface area contributed by atoms with Crippen LogP contribution < -0.4 is 14.2 Å². The van der Waals surface area contributed by atoms with Crippen LogP contribution in [-0.2, 0) is 17.8 Å². The summed E-state index contributed by atoms with van der Waals surface area (Å²) in [5.41, 5.74) is 3.98. The van der Waals surface area contributed by atoms with E-state index in [1.807, 2.05) is 48.0 Å². The van der Waals surface area contributed by atoms with Crippen LogP contribution in [0.1, 0.15) is 38.7 Å². The Kier molecular flexibility index (Phi) is 8.35. The highest BCUT2D eigenvalue weighted by atomic mass is 16.5. The van der Waals surface area contributed by atoms with Crippen LogP contribution in [0.15, 0.2) is 42.5 Å². The van der Waals surface area contributed by atoms with Crippen molar-refractivity contribution < 1.29 is 24.1 Å². The van der Waals surface area contributed by atoms with Gasteiger partial charge in [-0.3, -0.25) is 9.48 Å². The maximum atomic E-state index is 11.3. The van der Waals surface area contributed by atoms with Crippen molar-refractivity contribution in [2.24, 2.45) is 0 Å². The number of aliphatic carboxylic acids is 1. The molecule has 3 aromatic rings. The van der Waals surface area contributed by atoms with Gasteiger partial charge in [0.15, 0.2) is 11.5 Å². The first-order chi connectivity index (χ1) is 16.0. The number of carbonyl (C=O) groups is 1. The Bertz CT molecular complexity index is 1090. The molecule has 0 aliphatic rings. The number of carboxylic acids is 1. The van der Waals surface area contributed by atoms with E-state index >= 15 is 0 Å². The number of nitrogens with zero attached hydrogens (tertiary/aromatic N) is 2. The molecular formula is C26H32N2O5. The van der Waals surface area contributed by atoms with Gasteiger partial charge in [-0.05, 0) is 48.7 Å². The van der Waals surface area contributed by atoms with Crippen LogP contribution in [0.4, 0.5) is 0 Å². The number of methoxy groups -OCH3 is 2. The maximum Gasteiger partial charge on any atom is 0.307 e. The second-order valence-corrected chi connectivity index (χ2v) is 7.78. The van der Waals surface area contributed by atoms with E-state index < -0.39 is 5.97 Å². The van der Waals surface area contributed by atoms with E-state index in [1.165, 1.54) is 0 Å². The van der Waals surface area contributed by atoms with E-state index in [4.69, 9.17) is 19.3 Å². The van der Waals surface area contributed by atoms with Gasteiger partial charge in [-0.1, -0.05) is 32.4 Å². The third-order valence-corrected chi connectivity index (χ3v) is 5.32. The minimum atomic E-state index is -0.876. The van der Waals surface area contributed by atoms with Crippen LogP contribution in [0.3, 0.4) is 0 Å². The first-order valence-corrected chi connectivity index (χ1v) is 11.3. The molecule has 0 saturated heterocycles. The molecule has 33 heavy (non-hydrogen) atoms. The molecule has 0 aliphatic carbocycles. The van der Waals surface area contributed by atoms with Gasteiger partial charge in [0.05, 0.1) is 38.6 Å². The van der Waals surface area contributed by atoms with Gasteiger partial charge < -0.3 is 19.3 Å². The van der Waals surface area contributed by atoms with E-state index in [0.29, 0.717) is 29.4 Å². The summed E-state index contributed by atoms with van der Waals surface area (Å²) in [7, 11) is 3.24. The molecule has 176 valence electrons. The largest absolute Gasteiger partial charge is 0.493 e. The van der Waals surface area contributed by atoms with Crippen molar-refractivity contribution in [3.05, 3.63) is 48.0 Å². The van der Waals surface area contributed by atoms with Gasteiger partial charge in [0.25, 0.3) is 0 Å². The van der Waals surface area contributed by atoms with Gasteiger partial charge in [-0.15, -0.1) is 0 Å². The number of unbranched alkanes of at least 4 members (excludes halogenated alkanes) is 1. The van der Waals surface area contributed by atoms with Crippen LogP contribution in [-0.4, -0.2) is 41.7 Å². The summed E-state index contributed by atoms with van der Waals surface area (Å²) < 4.78 is 19.1. The molecule has 7 heteroatoms. The van der Waals surface area contributed by atoms with Crippen molar-refractivity contribution in [3.8, 4) is 39.8 Å².